The predicted molar refractivity (Wildman–Crippen MR) is 84.6 cm³/mol. The molecule has 0 aliphatic carbocycles. The molecule has 1 aromatic rings. The molecule has 122 valence electrons. The Morgan fingerprint density at radius 1 is 1.36 bits per heavy atom. The fourth-order valence-electron chi connectivity index (χ4n) is 2.67. The van der Waals surface area contributed by atoms with Crippen LogP contribution in [0, 0.1) is 0 Å². The number of methoxy groups -OCH3 is 1. The van der Waals surface area contributed by atoms with E-state index in [2.05, 4.69) is 11.4 Å². The van der Waals surface area contributed by atoms with Gasteiger partial charge >= 0.3 is 5.97 Å². The monoisotopic (exact) mass is 307 g/mol. The van der Waals surface area contributed by atoms with E-state index in [0.717, 1.165) is 13.1 Å². The number of benzene rings is 1. The number of nitrogens with one attached hydrogen (secondary N) is 1. The second-order valence-electron chi connectivity index (χ2n) is 5.36. The van der Waals surface area contributed by atoms with Gasteiger partial charge in [0.15, 0.2) is 11.5 Å². The maximum Gasteiger partial charge on any atom is 0.309 e. The summed E-state index contributed by atoms with van der Waals surface area (Å²) < 4.78 is 15.9. The van der Waals surface area contributed by atoms with E-state index < -0.39 is 0 Å². The van der Waals surface area contributed by atoms with Crippen LogP contribution in [0.4, 0.5) is 0 Å². The van der Waals surface area contributed by atoms with Crippen LogP contribution < -0.4 is 14.8 Å². The summed E-state index contributed by atoms with van der Waals surface area (Å²) in [4.78, 5) is 11.3. The van der Waals surface area contributed by atoms with Crippen molar-refractivity contribution in [2.45, 2.75) is 32.1 Å². The quantitative estimate of drug-likeness (QED) is 0.784. The number of piperidine rings is 1. The van der Waals surface area contributed by atoms with Crippen molar-refractivity contribution in [1.82, 2.24) is 5.32 Å². The highest BCUT2D eigenvalue weighted by Gasteiger charge is 2.17. The van der Waals surface area contributed by atoms with E-state index in [0.29, 0.717) is 30.6 Å². The van der Waals surface area contributed by atoms with E-state index in [9.17, 15) is 4.79 Å². The maximum atomic E-state index is 11.3. The van der Waals surface area contributed by atoms with Gasteiger partial charge in [-0.3, -0.25) is 4.79 Å². The Kier molecular flexibility index (Phi) is 6.52. The first kappa shape index (κ1) is 16.6. The lowest BCUT2D eigenvalue weighted by Gasteiger charge is -2.24. The number of hydrogen-bond donors (Lipinski definition) is 1. The Morgan fingerprint density at radius 3 is 2.91 bits per heavy atom. The van der Waals surface area contributed by atoms with Crippen molar-refractivity contribution < 1.29 is 19.0 Å². The average molecular weight is 307 g/mol. The lowest BCUT2D eigenvalue weighted by molar-refractivity contribution is -0.143. The van der Waals surface area contributed by atoms with Crippen LogP contribution in [-0.2, 0) is 9.53 Å². The van der Waals surface area contributed by atoms with Gasteiger partial charge in [0.25, 0.3) is 0 Å². The fourth-order valence-corrected chi connectivity index (χ4v) is 2.67. The number of carbonyl (C=O) groups is 1. The number of hydrogen-bond acceptors (Lipinski definition) is 5. The molecule has 22 heavy (non-hydrogen) atoms. The molecule has 1 aliphatic heterocycles. The summed E-state index contributed by atoms with van der Waals surface area (Å²) in [5.41, 5.74) is 1.27. The van der Waals surface area contributed by atoms with Gasteiger partial charge in [0.2, 0.25) is 0 Å². The number of carbonyl (C=O) groups excluding carboxylic acids is 1. The zero-order valence-electron chi connectivity index (χ0n) is 13.4. The van der Waals surface area contributed by atoms with Gasteiger partial charge in [-0.15, -0.1) is 0 Å². The minimum Gasteiger partial charge on any atom is -0.493 e. The SMILES string of the molecule is CCOC(=O)CCOc1ccc(C2CCCNC2)cc1OC. The van der Waals surface area contributed by atoms with Gasteiger partial charge in [0.05, 0.1) is 26.7 Å². The molecule has 1 atom stereocenters. The van der Waals surface area contributed by atoms with E-state index in [-0.39, 0.29) is 12.4 Å². The molecule has 0 aromatic heterocycles. The third-order valence-electron chi connectivity index (χ3n) is 3.83. The van der Waals surface area contributed by atoms with E-state index in [1.54, 1.807) is 14.0 Å². The van der Waals surface area contributed by atoms with Crippen LogP contribution in [0.2, 0.25) is 0 Å². The normalized spacial score (nSPS) is 17.8. The first-order chi connectivity index (χ1) is 10.7. The van der Waals surface area contributed by atoms with Crippen LogP contribution in [0.5, 0.6) is 11.5 Å². The van der Waals surface area contributed by atoms with Crippen molar-refractivity contribution >= 4 is 5.97 Å². The Morgan fingerprint density at radius 2 is 2.23 bits per heavy atom. The molecule has 1 heterocycles. The van der Waals surface area contributed by atoms with Gasteiger partial charge in [0, 0.05) is 6.54 Å². The molecule has 5 nitrogen and oxygen atoms in total. The van der Waals surface area contributed by atoms with Crippen molar-refractivity contribution in [1.29, 1.82) is 0 Å². The lowest BCUT2D eigenvalue weighted by atomic mass is 9.91. The summed E-state index contributed by atoms with van der Waals surface area (Å²) in [7, 11) is 1.64. The first-order valence-corrected chi connectivity index (χ1v) is 7.91. The molecule has 0 saturated carbocycles. The third-order valence-corrected chi connectivity index (χ3v) is 3.83. The van der Waals surface area contributed by atoms with Crippen LogP contribution in [0.15, 0.2) is 18.2 Å². The second-order valence-corrected chi connectivity index (χ2v) is 5.36. The summed E-state index contributed by atoms with van der Waals surface area (Å²) in [6.45, 7) is 4.58. The number of ether oxygens (including phenoxy) is 3. The second kappa shape index (κ2) is 8.63. The molecule has 0 bridgehead atoms. The van der Waals surface area contributed by atoms with Gasteiger partial charge in [-0.1, -0.05) is 6.07 Å². The van der Waals surface area contributed by atoms with Crippen LogP contribution in [-0.4, -0.2) is 39.4 Å². The smallest absolute Gasteiger partial charge is 0.309 e. The summed E-state index contributed by atoms with van der Waals surface area (Å²) in [6.07, 6.45) is 2.63. The molecule has 0 amide bonds. The van der Waals surface area contributed by atoms with Crippen molar-refractivity contribution in [3.8, 4) is 11.5 Å². The topological polar surface area (TPSA) is 56.8 Å². The maximum absolute atomic E-state index is 11.3. The Hall–Kier alpha value is -1.75. The molecule has 1 saturated heterocycles. The van der Waals surface area contributed by atoms with E-state index in [1.807, 2.05) is 12.1 Å². The molecule has 0 spiro atoms. The molecule has 1 aromatic carbocycles. The molecule has 2 rings (SSSR count). The standard InChI is InChI=1S/C17H25NO4/c1-3-21-17(19)8-10-22-15-7-6-13(11-16(15)20-2)14-5-4-9-18-12-14/h6-7,11,14,18H,3-5,8-10,12H2,1-2H3. The summed E-state index contributed by atoms with van der Waals surface area (Å²) >= 11 is 0. The zero-order chi connectivity index (χ0) is 15.8. The fraction of sp³-hybridized carbons (Fsp3) is 0.588. The Bertz CT molecular complexity index is 484. The largest absolute Gasteiger partial charge is 0.493 e. The van der Waals surface area contributed by atoms with Gasteiger partial charge in [-0.05, 0) is 49.9 Å². The van der Waals surface area contributed by atoms with Crippen LogP contribution in [0.1, 0.15) is 37.7 Å². The number of esters is 1. The minimum atomic E-state index is -0.244. The molecule has 1 unspecified atom stereocenters. The van der Waals surface area contributed by atoms with Crippen molar-refractivity contribution in [2.75, 3.05) is 33.4 Å². The number of rotatable bonds is 7. The van der Waals surface area contributed by atoms with Gasteiger partial charge in [-0.25, -0.2) is 0 Å². The summed E-state index contributed by atoms with van der Waals surface area (Å²) in [5, 5.41) is 3.42. The lowest BCUT2D eigenvalue weighted by Crippen LogP contribution is -2.28. The van der Waals surface area contributed by atoms with Gasteiger partial charge < -0.3 is 19.5 Å². The molecule has 5 heteroatoms. The van der Waals surface area contributed by atoms with Crippen LogP contribution in [0.3, 0.4) is 0 Å². The Labute approximate surface area is 131 Å². The molecule has 1 aliphatic rings. The highest BCUT2D eigenvalue weighted by Crippen LogP contribution is 2.33. The van der Waals surface area contributed by atoms with Crippen LogP contribution in [0.25, 0.3) is 0 Å². The van der Waals surface area contributed by atoms with Crippen molar-refractivity contribution in [3.05, 3.63) is 23.8 Å². The van der Waals surface area contributed by atoms with E-state index in [1.165, 1.54) is 18.4 Å². The highest BCUT2D eigenvalue weighted by molar-refractivity contribution is 5.69. The minimum absolute atomic E-state index is 0.241. The highest BCUT2D eigenvalue weighted by atomic mass is 16.5. The van der Waals surface area contributed by atoms with E-state index in [4.69, 9.17) is 14.2 Å². The molecule has 0 radical (unpaired) electrons. The van der Waals surface area contributed by atoms with Gasteiger partial charge in [-0.2, -0.15) is 0 Å². The molecular weight excluding hydrogens is 282 g/mol. The average Bonchev–Trinajstić information content (AvgIpc) is 2.56. The zero-order valence-corrected chi connectivity index (χ0v) is 13.4. The van der Waals surface area contributed by atoms with Crippen molar-refractivity contribution in [3.63, 3.8) is 0 Å². The molecule has 1 fully saturated rings. The third kappa shape index (κ3) is 4.63. The predicted octanol–water partition coefficient (Wildman–Crippen LogP) is 2.49. The van der Waals surface area contributed by atoms with E-state index >= 15 is 0 Å². The summed E-state index contributed by atoms with van der Waals surface area (Å²) in [5.74, 6) is 1.66. The summed E-state index contributed by atoms with van der Waals surface area (Å²) in [6, 6.07) is 6.05. The van der Waals surface area contributed by atoms with Gasteiger partial charge in [0.1, 0.15) is 0 Å². The molecule has 1 N–H and O–H groups in total. The first-order valence-electron chi connectivity index (χ1n) is 7.91. The Balaban J connectivity index is 1.95. The van der Waals surface area contributed by atoms with Crippen LogP contribution >= 0.6 is 0 Å². The molecular formula is C17H25NO4. The van der Waals surface area contributed by atoms with Crippen molar-refractivity contribution in [2.24, 2.45) is 0 Å².